The van der Waals surface area contributed by atoms with Crippen LogP contribution in [0.1, 0.15) is 181 Å². The zero-order chi connectivity index (χ0) is 57.6. The lowest BCUT2D eigenvalue weighted by atomic mass is 9.96. The highest BCUT2D eigenvalue weighted by Crippen LogP contribution is 2.33. The van der Waals surface area contributed by atoms with E-state index in [-0.39, 0.29) is 18.9 Å². The zero-order valence-electron chi connectivity index (χ0n) is 47.6. The van der Waals surface area contributed by atoms with Gasteiger partial charge in [-0.25, -0.2) is 0 Å². The van der Waals surface area contributed by atoms with Crippen LogP contribution >= 0.6 is 0 Å². The van der Waals surface area contributed by atoms with E-state index in [9.17, 15) is 61.0 Å². The number of rotatable bonds is 43. The Balaban J connectivity index is 1.43. The molecule has 19 nitrogen and oxygen atoms in total. The number of carbonyl (C=O) groups is 1. The number of nitrogens with one attached hydrogen (secondary N) is 1. The molecule has 17 atom stereocenters. The lowest BCUT2D eigenvalue weighted by molar-refractivity contribution is -0.379. The van der Waals surface area contributed by atoms with Crippen LogP contribution in [-0.4, -0.2) is 193 Å². The fraction of sp³-hybridized carbons (Fsp3) is 0.817. The molecule has 3 rings (SSSR count). The Morgan fingerprint density at radius 3 is 1.38 bits per heavy atom. The molecule has 0 aromatic heterocycles. The van der Waals surface area contributed by atoms with Crippen LogP contribution in [0.2, 0.25) is 0 Å². The molecule has 0 saturated carbocycles. The van der Waals surface area contributed by atoms with Crippen molar-refractivity contribution in [2.45, 2.75) is 285 Å². The minimum atomic E-state index is -1.98. The van der Waals surface area contributed by atoms with Crippen molar-refractivity contribution in [1.82, 2.24) is 5.32 Å². The minimum absolute atomic E-state index is 0.228. The van der Waals surface area contributed by atoms with E-state index < -0.39 is 124 Å². The third-order valence-electron chi connectivity index (χ3n) is 14.8. The van der Waals surface area contributed by atoms with Gasteiger partial charge in [-0.2, -0.15) is 0 Å². The average molecular weight is 1130 g/mol. The summed E-state index contributed by atoms with van der Waals surface area (Å²) in [6, 6.07) is -0.992. The van der Waals surface area contributed by atoms with Crippen LogP contribution in [0.3, 0.4) is 0 Å². The van der Waals surface area contributed by atoms with Crippen LogP contribution in [0.25, 0.3) is 0 Å². The van der Waals surface area contributed by atoms with Crippen LogP contribution < -0.4 is 5.32 Å². The number of ether oxygens (including phenoxy) is 6. The number of allylic oxidation sites excluding steroid dienone is 9. The van der Waals surface area contributed by atoms with Gasteiger partial charge >= 0.3 is 0 Å². The molecule has 0 bridgehead atoms. The fourth-order valence-electron chi connectivity index (χ4n) is 9.80. The number of aliphatic hydroxyl groups excluding tert-OH is 11. The summed E-state index contributed by atoms with van der Waals surface area (Å²) in [5, 5.41) is 120. The van der Waals surface area contributed by atoms with E-state index in [0.29, 0.717) is 12.8 Å². The second kappa shape index (κ2) is 43.2. The quantitative estimate of drug-likeness (QED) is 0.0274. The van der Waals surface area contributed by atoms with Crippen molar-refractivity contribution in [2.75, 3.05) is 26.4 Å². The Labute approximate surface area is 471 Å². The van der Waals surface area contributed by atoms with Crippen molar-refractivity contribution in [3.8, 4) is 0 Å². The molecule has 19 heteroatoms. The molecule has 17 unspecified atom stereocenters. The molecule has 3 aliphatic rings. The lowest BCUT2D eigenvalue weighted by Gasteiger charge is -2.48. The number of carbonyl (C=O) groups excluding carboxylic acids is 1. The van der Waals surface area contributed by atoms with Gasteiger partial charge in [-0.3, -0.25) is 4.79 Å². The molecule has 0 aromatic carbocycles. The van der Waals surface area contributed by atoms with Crippen LogP contribution in [0, 0.1) is 0 Å². The number of hydrogen-bond donors (Lipinski definition) is 12. The predicted molar refractivity (Wildman–Crippen MR) is 300 cm³/mol. The van der Waals surface area contributed by atoms with E-state index in [1.165, 1.54) is 77.0 Å². The summed E-state index contributed by atoms with van der Waals surface area (Å²) >= 11 is 0. The highest BCUT2D eigenvalue weighted by atomic mass is 16.8. The summed E-state index contributed by atoms with van der Waals surface area (Å²) < 4.78 is 34.1. The van der Waals surface area contributed by atoms with Crippen molar-refractivity contribution in [2.24, 2.45) is 0 Å². The second-order valence-corrected chi connectivity index (χ2v) is 21.4. The first-order valence-electron chi connectivity index (χ1n) is 30.0. The van der Waals surface area contributed by atoms with Gasteiger partial charge < -0.3 is 89.9 Å². The molecule has 12 N–H and O–H groups in total. The molecular formula is C60H105NO18. The van der Waals surface area contributed by atoms with Gasteiger partial charge in [0, 0.05) is 6.42 Å². The van der Waals surface area contributed by atoms with Gasteiger partial charge in [-0.05, 0) is 70.6 Å². The summed E-state index contributed by atoms with van der Waals surface area (Å²) in [7, 11) is 0. The molecule has 0 radical (unpaired) electrons. The number of aliphatic hydroxyl groups is 11. The van der Waals surface area contributed by atoms with Crippen LogP contribution in [-0.2, 0) is 33.2 Å². The Bertz CT molecular complexity index is 1680. The van der Waals surface area contributed by atoms with Crippen molar-refractivity contribution in [3.05, 3.63) is 60.8 Å². The van der Waals surface area contributed by atoms with Gasteiger partial charge in [-0.1, -0.05) is 164 Å². The Kier molecular flexibility index (Phi) is 38.7. The first-order chi connectivity index (χ1) is 38.3. The van der Waals surface area contributed by atoms with E-state index in [1.807, 2.05) is 6.08 Å². The molecule has 3 aliphatic heterocycles. The smallest absolute Gasteiger partial charge is 0.220 e. The molecule has 1 amide bonds. The standard InChI is InChI=1S/C60H105NO18/c1-3-5-7-9-11-13-14-15-16-17-18-19-20-21-22-23-24-25-26-27-28-30-32-34-36-38-48(66)61-43(44(65)37-35-33-31-29-12-10-8-6-4-2)42-74-58-54(72)51(69)56(46(40-63)76-58)79-60-55(73)52(70)57(47(41-64)77-60)78-59-53(71)50(68)49(67)45(39-62)75-59/h12,14-15,17-18,20-21,29,35,37,43-47,49-60,62-65,67-73H,3-11,13,16,19,22-28,30-34,36,38-42H2,1-2H3,(H,61,66)/b15-14-,18-17-,21-20-,29-12+,37-35+. The van der Waals surface area contributed by atoms with E-state index in [2.05, 4.69) is 67.8 Å². The monoisotopic (exact) mass is 1130 g/mol. The lowest BCUT2D eigenvalue weighted by Crippen LogP contribution is -2.66. The molecule has 3 fully saturated rings. The van der Waals surface area contributed by atoms with Crippen molar-refractivity contribution < 1.29 is 89.4 Å². The number of hydrogen-bond acceptors (Lipinski definition) is 18. The third kappa shape index (κ3) is 27.2. The SMILES string of the molecule is CCCCC/C=C/CC/C=C/C(O)C(COC1OC(CO)C(OC2OC(CO)C(OC3OC(CO)C(O)C(O)C3O)C(O)C2O)C(O)C1O)NC(=O)CCCCCCCCCCCC/C=C\C/C=C\C/C=C\CCCCCCC. The normalized spacial score (nSPS) is 30.7. The topological polar surface area (TPSA) is 307 Å². The summed E-state index contributed by atoms with van der Waals surface area (Å²) in [5.74, 6) is -0.295. The maximum Gasteiger partial charge on any atom is 0.220 e. The van der Waals surface area contributed by atoms with E-state index in [1.54, 1.807) is 6.08 Å². The Morgan fingerprint density at radius 2 is 0.848 bits per heavy atom. The maximum absolute atomic E-state index is 13.3. The molecule has 0 aliphatic carbocycles. The summed E-state index contributed by atoms with van der Waals surface area (Å²) in [5.41, 5.74) is 0. The van der Waals surface area contributed by atoms with Crippen molar-refractivity contribution in [3.63, 3.8) is 0 Å². The van der Waals surface area contributed by atoms with Crippen molar-refractivity contribution in [1.29, 1.82) is 0 Å². The van der Waals surface area contributed by atoms with Gasteiger partial charge in [0.25, 0.3) is 0 Å². The van der Waals surface area contributed by atoms with E-state index in [4.69, 9.17) is 28.4 Å². The van der Waals surface area contributed by atoms with Crippen LogP contribution in [0.4, 0.5) is 0 Å². The summed E-state index contributed by atoms with van der Waals surface area (Å²) in [6.07, 6.45) is 22.3. The zero-order valence-corrected chi connectivity index (χ0v) is 47.6. The maximum atomic E-state index is 13.3. The van der Waals surface area contributed by atoms with E-state index >= 15 is 0 Å². The third-order valence-corrected chi connectivity index (χ3v) is 14.8. The average Bonchev–Trinajstić information content (AvgIpc) is 3.44. The molecule has 79 heavy (non-hydrogen) atoms. The second-order valence-electron chi connectivity index (χ2n) is 21.4. The highest BCUT2D eigenvalue weighted by Gasteiger charge is 2.53. The van der Waals surface area contributed by atoms with Gasteiger partial charge in [-0.15, -0.1) is 0 Å². The molecule has 3 heterocycles. The van der Waals surface area contributed by atoms with Crippen LogP contribution in [0.5, 0.6) is 0 Å². The molecule has 0 spiro atoms. The molecule has 3 saturated heterocycles. The molecule has 458 valence electrons. The fourth-order valence-corrected chi connectivity index (χ4v) is 9.80. The highest BCUT2D eigenvalue weighted by molar-refractivity contribution is 5.76. The first-order valence-corrected chi connectivity index (χ1v) is 30.0. The first kappa shape index (κ1) is 70.8. The predicted octanol–water partition coefficient (Wildman–Crippen LogP) is 5.26. The van der Waals surface area contributed by atoms with E-state index in [0.717, 1.165) is 70.6 Å². The molecular weight excluding hydrogens is 1020 g/mol. The van der Waals surface area contributed by atoms with Gasteiger partial charge in [0.15, 0.2) is 18.9 Å². The summed E-state index contributed by atoms with van der Waals surface area (Å²) in [4.78, 5) is 13.3. The van der Waals surface area contributed by atoms with Crippen molar-refractivity contribution >= 4 is 5.91 Å². The van der Waals surface area contributed by atoms with Gasteiger partial charge in [0.05, 0.1) is 38.6 Å². The Hall–Kier alpha value is -2.51. The number of unbranched alkanes of at least 4 members (excludes halogenated alkanes) is 19. The van der Waals surface area contributed by atoms with Gasteiger partial charge in [0.1, 0.15) is 73.2 Å². The van der Waals surface area contributed by atoms with Gasteiger partial charge in [0.2, 0.25) is 5.91 Å². The Morgan fingerprint density at radius 1 is 0.456 bits per heavy atom. The minimum Gasteiger partial charge on any atom is -0.394 e. The van der Waals surface area contributed by atoms with Crippen LogP contribution in [0.15, 0.2) is 60.8 Å². The number of amides is 1. The molecule has 0 aromatic rings. The summed E-state index contributed by atoms with van der Waals surface area (Å²) in [6.45, 7) is 1.60. The largest absolute Gasteiger partial charge is 0.394 e.